The molecule has 3 aromatic carbocycles. The van der Waals surface area contributed by atoms with Crippen LogP contribution in [0.25, 0.3) is 0 Å². The summed E-state index contributed by atoms with van der Waals surface area (Å²) in [5.74, 6) is -0.952. The lowest BCUT2D eigenvalue weighted by atomic mass is 9.91. The number of amides is 1. The largest absolute Gasteiger partial charge is 0.508 e. The van der Waals surface area contributed by atoms with Crippen LogP contribution in [-0.2, 0) is 24.1 Å². The highest BCUT2D eigenvalue weighted by Gasteiger charge is 2.27. The first-order valence-corrected chi connectivity index (χ1v) is 13.7. The van der Waals surface area contributed by atoms with E-state index in [4.69, 9.17) is 5.73 Å². The van der Waals surface area contributed by atoms with Crippen LogP contribution in [0.2, 0.25) is 0 Å². The second-order valence-corrected chi connectivity index (χ2v) is 10.5. The van der Waals surface area contributed by atoms with E-state index < -0.39 is 30.2 Å². The molecule has 3 rings (SSSR count). The minimum absolute atomic E-state index is 0.198. The molecule has 0 aliphatic rings. The zero-order chi connectivity index (χ0) is 29.1. The predicted octanol–water partition coefficient (Wildman–Crippen LogP) is 3.13. The Morgan fingerprint density at radius 3 is 2.00 bits per heavy atom. The monoisotopic (exact) mass is 546 g/mol. The minimum atomic E-state index is -1.11. The molecule has 0 heterocycles. The third-order valence-corrected chi connectivity index (χ3v) is 7.26. The Balaban J connectivity index is 1.65. The minimum Gasteiger partial charge on any atom is -0.508 e. The van der Waals surface area contributed by atoms with Gasteiger partial charge in [-0.2, -0.15) is 0 Å². The van der Waals surface area contributed by atoms with Gasteiger partial charge in [0.15, 0.2) is 0 Å². The Labute approximate surface area is 237 Å². The number of aryl methyl sites for hydroxylation is 2. The number of rotatable bonds is 14. The average Bonchev–Trinajstić information content (AvgIpc) is 2.94. The van der Waals surface area contributed by atoms with Crippen LogP contribution in [0.5, 0.6) is 5.75 Å². The number of benzene rings is 3. The Kier molecular flexibility index (Phi) is 11.9. The molecule has 7 heteroatoms. The van der Waals surface area contributed by atoms with Gasteiger partial charge in [-0.15, -0.1) is 0 Å². The zero-order valence-electron chi connectivity index (χ0n) is 23.3. The summed E-state index contributed by atoms with van der Waals surface area (Å²) in [6, 6.07) is 21.4. The highest BCUT2D eigenvalue weighted by atomic mass is 16.3. The summed E-state index contributed by atoms with van der Waals surface area (Å²) in [7, 11) is 0. The molecule has 5 atom stereocenters. The van der Waals surface area contributed by atoms with Gasteiger partial charge in [0.1, 0.15) is 5.75 Å². The number of aromatic hydroxyl groups is 1. The molecule has 0 saturated heterocycles. The van der Waals surface area contributed by atoms with Gasteiger partial charge in [0.25, 0.3) is 0 Å². The van der Waals surface area contributed by atoms with Crippen molar-refractivity contribution < 1.29 is 25.2 Å². The molecule has 0 saturated carbocycles. The predicted molar refractivity (Wildman–Crippen MR) is 158 cm³/mol. The van der Waals surface area contributed by atoms with E-state index in [1.54, 1.807) is 18.2 Å². The van der Waals surface area contributed by atoms with Crippen molar-refractivity contribution in [3.05, 3.63) is 113 Å². The van der Waals surface area contributed by atoms with Crippen molar-refractivity contribution in [3.8, 4) is 5.75 Å². The molecule has 0 unspecified atom stereocenters. The molecule has 0 bridgehead atoms. The van der Waals surface area contributed by atoms with Gasteiger partial charge in [0, 0.05) is 6.04 Å². The van der Waals surface area contributed by atoms with E-state index in [2.05, 4.69) is 5.32 Å². The Morgan fingerprint density at radius 1 is 0.900 bits per heavy atom. The summed E-state index contributed by atoms with van der Waals surface area (Å²) in [5.41, 5.74) is 11.0. The first-order valence-electron chi connectivity index (χ1n) is 13.7. The number of nitrogens with one attached hydrogen (secondary N) is 1. The molecule has 0 radical (unpaired) electrons. The highest BCUT2D eigenvalue weighted by Crippen LogP contribution is 2.23. The summed E-state index contributed by atoms with van der Waals surface area (Å²) in [6.45, 7) is 3.57. The number of hydrogen-bond acceptors (Lipinski definition) is 6. The molecule has 3 aromatic rings. The van der Waals surface area contributed by atoms with Gasteiger partial charge in [0.2, 0.25) is 5.91 Å². The van der Waals surface area contributed by atoms with Crippen LogP contribution in [-0.4, -0.2) is 57.2 Å². The number of aliphatic hydroxyl groups is 3. The number of nitrogens with two attached hydrogens (primary N) is 1. The Morgan fingerprint density at radius 2 is 1.45 bits per heavy atom. The number of carbonyl (C=O) groups excluding carboxylic acids is 1. The topological polar surface area (TPSA) is 136 Å². The van der Waals surface area contributed by atoms with Crippen LogP contribution < -0.4 is 11.1 Å². The van der Waals surface area contributed by atoms with Gasteiger partial charge in [-0.1, -0.05) is 72.8 Å². The van der Waals surface area contributed by atoms with E-state index in [1.807, 2.05) is 74.5 Å². The smallest absolute Gasteiger partial charge is 0.226 e. The maximum Gasteiger partial charge on any atom is 0.226 e. The molecule has 0 aromatic heterocycles. The van der Waals surface area contributed by atoms with E-state index >= 15 is 0 Å². The van der Waals surface area contributed by atoms with Crippen molar-refractivity contribution in [1.29, 1.82) is 0 Å². The number of carbonyl (C=O) groups is 1. The van der Waals surface area contributed by atoms with Crippen LogP contribution >= 0.6 is 0 Å². The summed E-state index contributed by atoms with van der Waals surface area (Å²) >= 11 is 0. The summed E-state index contributed by atoms with van der Waals surface area (Å²) in [4.78, 5) is 13.3. The molecule has 0 spiro atoms. The molecule has 214 valence electrons. The lowest BCUT2D eigenvalue weighted by Gasteiger charge is -2.24. The van der Waals surface area contributed by atoms with E-state index in [0.717, 1.165) is 27.8 Å². The van der Waals surface area contributed by atoms with Gasteiger partial charge in [-0.3, -0.25) is 4.79 Å². The normalized spacial score (nSPS) is 15.3. The van der Waals surface area contributed by atoms with Gasteiger partial charge < -0.3 is 31.5 Å². The number of phenolic OH excluding ortho intramolecular Hbond substituents is 1. The van der Waals surface area contributed by atoms with Gasteiger partial charge in [-0.25, -0.2) is 0 Å². The van der Waals surface area contributed by atoms with E-state index in [9.17, 15) is 25.2 Å². The van der Waals surface area contributed by atoms with E-state index in [0.29, 0.717) is 19.3 Å². The third kappa shape index (κ3) is 9.31. The van der Waals surface area contributed by atoms with Crippen molar-refractivity contribution in [2.45, 2.75) is 63.8 Å². The summed E-state index contributed by atoms with van der Waals surface area (Å²) < 4.78 is 0. The van der Waals surface area contributed by atoms with Crippen LogP contribution in [0.3, 0.4) is 0 Å². The van der Waals surface area contributed by atoms with Crippen LogP contribution in [0.1, 0.15) is 34.2 Å². The number of hydrogen-bond donors (Lipinski definition) is 6. The van der Waals surface area contributed by atoms with Crippen LogP contribution in [0.4, 0.5) is 0 Å². The molecule has 0 fully saturated rings. The molecule has 40 heavy (non-hydrogen) atoms. The Bertz CT molecular complexity index is 1210. The maximum absolute atomic E-state index is 13.3. The molecule has 1 amide bonds. The SMILES string of the molecule is Cc1cc(O)cc(C)c1C[C@H](N)[C@@H](O)C/C=C/[C@H](O)[C@@H](Cc1ccccc1)C(=O)N[C@H](CO)Cc1ccccc1. The fraction of sp³-hybridized carbons (Fsp3) is 0.364. The van der Waals surface area contributed by atoms with Crippen molar-refractivity contribution in [3.63, 3.8) is 0 Å². The van der Waals surface area contributed by atoms with Gasteiger partial charge >= 0.3 is 0 Å². The van der Waals surface area contributed by atoms with Crippen LogP contribution in [0.15, 0.2) is 84.9 Å². The fourth-order valence-electron chi connectivity index (χ4n) is 4.94. The van der Waals surface area contributed by atoms with Gasteiger partial charge in [0.05, 0.1) is 30.8 Å². The van der Waals surface area contributed by atoms with E-state index in [-0.39, 0.29) is 24.7 Å². The second-order valence-electron chi connectivity index (χ2n) is 10.5. The molecular weight excluding hydrogens is 504 g/mol. The molecule has 0 aliphatic heterocycles. The average molecular weight is 547 g/mol. The second kappa shape index (κ2) is 15.3. The molecule has 7 nitrogen and oxygen atoms in total. The maximum atomic E-state index is 13.3. The lowest BCUT2D eigenvalue weighted by Crippen LogP contribution is -2.45. The third-order valence-electron chi connectivity index (χ3n) is 7.26. The fourth-order valence-corrected chi connectivity index (χ4v) is 4.94. The number of phenols is 1. The molecule has 0 aliphatic carbocycles. The Hall–Kier alpha value is -3.49. The van der Waals surface area contributed by atoms with Gasteiger partial charge in [-0.05, 0) is 79.5 Å². The van der Waals surface area contributed by atoms with Crippen molar-refractivity contribution in [2.75, 3.05) is 6.61 Å². The number of aliphatic hydroxyl groups excluding tert-OH is 3. The standard InChI is InChI=1S/C33H42N2O5/c1-22-16-27(37)17-23(2)28(22)20-30(34)32(39)15-9-14-31(38)29(19-25-12-7-4-8-13-25)33(40)35-26(21-36)18-24-10-5-3-6-11-24/h3-14,16-17,26,29-32,36-39H,15,18-21,34H2,1-2H3,(H,35,40)/b14-9+/t26-,29+,30-,31-,32-/m0/s1. The summed E-state index contributed by atoms with van der Waals surface area (Å²) in [6.07, 6.45) is 2.65. The first kappa shape index (κ1) is 31.0. The van der Waals surface area contributed by atoms with E-state index in [1.165, 1.54) is 6.08 Å². The molecular formula is C33H42N2O5. The highest BCUT2D eigenvalue weighted by molar-refractivity contribution is 5.80. The quantitative estimate of drug-likeness (QED) is 0.172. The van der Waals surface area contributed by atoms with Crippen molar-refractivity contribution >= 4 is 5.91 Å². The van der Waals surface area contributed by atoms with Crippen molar-refractivity contribution in [1.82, 2.24) is 5.32 Å². The zero-order valence-corrected chi connectivity index (χ0v) is 23.3. The molecule has 7 N–H and O–H groups in total. The summed E-state index contributed by atoms with van der Waals surface area (Å²) in [5, 5.41) is 44.3. The van der Waals surface area contributed by atoms with Crippen molar-refractivity contribution in [2.24, 2.45) is 11.7 Å². The first-order chi connectivity index (χ1) is 19.2. The van der Waals surface area contributed by atoms with Crippen LogP contribution in [0, 0.1) is 19.8 Å². The lowest BCUT2D eigenvalue weighted by molar-refractivity contribution is -0.128.